The van der Waals surface area contributed by atoms with Crippen LogP contribution in [0.1, 0.15) is 36.8 Å². The summed E-state index contributed by atoms with van der Waals surface area (Å²) >= 11 is 0. The second-order valence-electron chi connectivity index (χ2n) is 8.29. The Kier molecular flexibility index (Phi) is 5.36. The van der Waals surface area contributed by atoms with Crippen LogP contribution in [-0.4, -0.2) is 31.7 Å². The molecule has 2 aliphatic rings. The summed E-state index contributed by atoms with van der Waals surface area (Å²) in [6, 6.07) is 16.7. The summed E-state index contributed by atoms with van der Waals surface area (Å²) in [4.78, 5) is 2.57. The summed E-state index contributed by atoms with van der Waals surface area (Å²) in [7, 11) is -3.62. The number of hydrogen-bond acceptors (Lipinski definition) is 5. The number of fused-ring (bicyclic) bond motifs is 1. The summed E-state index contributed by atoms with van der Waals surface area (Å²) in [5, 5.41) is 8.71. The topological polar surface area (TPSA) is 75.2 Å². The predicted molar refractivity (Wildman–Crippen MR) is 123 cm³/mol. The Morgan fingerprint density at radius 3 is 2.23 bits per heavy atom. The van der Waals surface area contributed by atoms with Gasteiger partial charge < -0.3 is 4.90 Å². The van der Waals surface area contributed by atoms with Crippen LogP contribution in [-0.2, 0) is 22.9 Å². The number of benzene rings is 2. The van der Waals surface area contributed by atoms with Crippen molar-refractivity contribution in [2.75, 3.05) is 22.7 Å². The quantitative estimate of drug-likeness (QED) is 0.643. The Morgan fingerprint density at radius 1 is 0.774 bits per heavy atom. The lowest BCUT2D eigenvalue weighted by molar-refractivity contribution is 0.600. The molecule has 1 aromatic heterocycles. The first-order chi connectivity index (χ1) is 15.1. The molecule has 0 spiro atoms. The van der Waals surface area contributed by atoms with Gasteiger partial charge in [-0.05, 0) is 86.1 Å². The number of anilines is 2. The molecule has 0 atom stereocenters. The number of rotatable bonds is 5. The molecule has 1 saturated heterocycles. The minimum Gasteiger partial charge on any atom is -0.355 e. The fourth-order valence-electron chi connectivity index (χ4n) is 4.39. The summed E-state index contributed by atoms with van der Waals surface area (Å²) in [6.07, 6.45) is 6.68. The van der Waals surface area contributed by atoms with E-state index in [2.05, 4.69) is 19.8 Å². The van der Waals surface area contributed by atoms with Crippen LogP contribution >= 0.6 is 0 Å². The number of nitrogens with one attached hydrogen (secondary N) is 1. The molecule has 31 heavy (non-hydrogen) atoms. The van der Waals surface area contributed by atoms with Gasteiger partial charge in [0.25, 0.3) is 10.0 Å². The fourth-order valence-corrected chi connectivity index (χ4v) is 5.50. The van der Waals surface area contributed by atoms with Gasteiger partial charge in [0.05, 0.1) is 10.6 Å². The summed E-state index contributed by atoms with van der Waals surface area (Å²) in [5.74, 6) is 0.913. The van der Waals surface area contributed by atoms with E-state index in [9.17, 15) is 8.42 Å². The zero-order chi connectivity index (χ0) is 21.3. The van der Waals surface area contributed by atoms with Crippen molar-refractivity contribution in [3.63, 3.8) is 0 Å². The first kappa shape index (κ1) is 20.0. The minimum absolute atomic E-state index is 0.320. The SMILES string of the molecule is O=S(=O)(Nc1ccc(-c2ccc(N3CCCC3)nn2)cc1)c1ccc2c(c1)CCCC2. The van der Waals surface area contributed by atoms with E-state index in [4.69, 9.17) is 0 Å². The second-order valence-corrected chi connectivity index (χ2v) is 9.97. The first-order valence-corrected chi connectivity index (χ1v) is 12.4. The molecular formula is C24H26N4O2S. The third-order valence-corrected chi connectivity index (χ3v) is 7.52. The maximum absolute atomic E-state index is 12.9. The molecule has 2 aromatic carbocycles. The molecule has 0 radical (unpaired) electrons. The van der Waals surface area contributed by atoms with Crippen molar-refractivity contribution in [2.45, 2.75) is 43.4 Å². The van der Waals surface area contributed by atoms with E-state index < -0.39 is 10.0 Å². The lowest BCUT2D eigenvalue weighted by Crippen LogP contribution is -2.19. The maximum Gasteiger partial charge on any atom is 0.261 e. The molecule has 1 N–H and O–H groups in total. The molecule has 5 rings (SSSR count). The molecule has 0 saturated carbocycles. The van der Waals surface area contributed by atoms with E-state index in [0.29, 0.717) is 10.6 Å². The molecule has 7 heteroatoms. The van der Waals surface area contributed by atoms with E-state index in [1.807, 2.05) is 36.4 Å². The van der Waals surface area contributed by atoms with Crippen LogP contribution in [0.15, 0.2) is 59.5 Å². The predicted octanol–water partition coefficient (Wildman–Crippen LogP) is 4.42. The highest BCUT2D eigenvalue weighted by Crippen LogP contribution is 2.26. The third-order valence-electron chi connectivity index (χ3n) is 6.14. The maximum atomic E-state index is 12.9. The Labute approximate surface area is 183 Å². The average Bonchev–Trinajstić information content (AvgIpc) is 3.34. The van der Waals surface area contributed by atoms with Crippen LogP contribution in [0.5, 0.6) is 0 Å². The Balaban J connectivity index is 1.30. The Hall–Kier alpha value is -2.93. The van der Waals surface area contributed by atoms with E-state index in [-0.39, 0.29) is 0 Å². The lowest BCUT2D eigenvalue weighted by atomic mass is 9.92. The molecule has 160 valence electrons. The summed E-state index contributed by atoms with van der Waals surface area (Å²) in [6.45, 7) is 2.07. The highest BCUT2D eigenvalue weighted by molar-refractivity contribution is 7.92. The van der Waals surface area contributed by atoms with Crippen LogP contribution in [0.3, 0.4) is 0 Å². The van der Waals surface area contributed by atoms with E-state index in [1.165, 1.54) is 24.8 Å². The van der Waals surface area contributed by atoms with Crippen molar-refractivity contribution in [1.29, 1.82) is 0 Å². The lowest BCUT2D eigenvalue weighted by Gasteiger charge is -2.17. The molecule has 1 aliphatic heterocycles. The molecule has 3 aromatic rings. The molecular weight excluding hydrogens is 408 g/mol. The van der Waals surface area contributed by atoms with E-state index in [0.717, 1.165) is 55.0 Å². The zero-order valence-corrected chi connectivity index (χ0v) is 18.2. The minimum atomic E-state index is -3.62. The van der Waals surface area contributed by atoms with Crippen molar-refractivity contribution in [3.05, 3.63) is 65.7 Å². The van der Waals surface area contributed by atoms with E-state index in [1.54, 1.807) is 18.2 Å². The van der Waals surface area contributed by atoms with Gasteiger partial charge in [-0.25, -0.2) is 8.42 Å². The molecule has 0 bridgehead atoms. The van der Waals surface area contributed by atoms with Crippen molar-refractivity contribution in [1.82, 2.24) is 10.2 Å². The van der Waals surface area contributed by atoms with Gasteiger partial charge in [-0.2, -0.15) is 0 Å². The van der Waals surface area contributed by atoms with Crippen LogP contribution in [0.4, 0.5) is 11.5 Å². The molecule has 6 nitrogen and oxygen atoms in total. The highest BCUT2D eigenvalue weighted by Gasteiger charge is 2.18. The van der Waals surface area contributed by atoms with Gasteiger partial charge in [-0.3, -0.25) is 4.72 Å². The third kappa shape index (κ3) is 4.28. The highest BCUT2D eigenvalue weighted by atomic mass is 32.2. The number of nitrogens with zero attached hydrogens (tertiary/aromatic N) is 3. The van der Waals surface area contributed by atoms with Gasteiger partial charge >= 0.3 is 0 Å². The molecule has 1 aliphatic carbocycles. The zero-order valence-electron chi connectivity index (χ0n) is 17.4. The average molecular weight is 435 g/mol. The second kappa shape index (κ2) is 8.30. The van der Waals surface area contributed by atoms with Crippen LogP contribution < -0.4 is 9.62 Å². The molecule has 0 amide bonds. The van der Waals surface area contributed by atoms with Gasteiger partial charge in [0.1, 0.15) is 0 Å². The number of sulfonamides is 1. The van der Waals surface area contributed by atoms with Crippen molar-refractivity contribution in [3.8, 4) is 11.3 Å². The van der Waals surface area contributed by atoms with Gasteiger partial charge in [-0.15, -0.1) is 10.2 Å². The fraction of sp³-hybridized carbons (Fsp3) is 0.333. The molecule has 2 heterocycles. The van der Waals surface area contributed by atoms with Gasteiger partial charge in [0, 0.05) is 24.3 Å². The van der Waals surface area contributed by atoms with Crippen molar-refractivity contribution >= 4 is 21.5 Å². The summed E-state index contributed by atoms with van der Waals surface area (Å²) in [5.41, 5.74) is 4.62. The number of aryl methyl sites for hydroxylation is 2. The molecule has 1 fully saturated rings. The smallest absolute Gasteiger partial charge is 0.261 e. The van der Waals surface area contributed by atoms with Crippen LogP contribution in [0.2, 0.25) is 0 Å². The Morgan fingerprint density at radius 2 is 1.52 bits per heavy atom. The number of aromatic nitrogens is 2. The molecule has 0 unspecified atom stereocenters. The monoisotopic (exact) mass is 434 g/mol. The van der Waals surface area contributed by atoms with E-state index >= 15 is 0 Å². The Bertz CT molecular complexity index is 1170. The number of hydrogen-bond donors (Lipinski definition) is 1. The van der Waals surface area contributed by atoms with Crippen molar-refractivity contribution in [2.24, 2.45) is 0 Å². The van der Waals surface area contributed by atoms with Crippen LogP contribution in [0, 0.1) is 0 Å². The largest absolute Gasteiger partial charge is 0.355 e. The van der Waals surface area contributed by atoms with Gasteiger partial charge in [-0.1, -0.05) is 18.2 Å². The standard InChI is InChI=1S/C24H26N4O2S/c29-31(30,22-12-9-18-5-1-2-6-20(18)17-22)27-21-10-7-19(8-11-21)23-13-14-24(26-25-23)28-15-3-4-16-28/h7-14,17,27H,1-6,15-16H2. The van der Waals surface area contributed by atoms with Crippen LogP contribution in [0.25, 0.3) is 11.3 Å². The normalized spacial score (nSPS) is 16.2. The first-order valence-electron chi connectivity index (χ1n) is 10.9. The summed E-state index contributed by atoms with van der Waals surface area (Å²) < 4.78 is 28.4. The van der Waals surface area contributed by atoms with Gasteiger partial charge in [0.2, 0.25) is 0 Å². The van der Waals surface area contributed by atoms with Crippen molar-refractivity contribution < 1.29 is 8.42 Å². The van der Waals surface area contributed by atoms with Gasteiger partial charge in [0.15, 0.2) is 5.82 Å².